The first-order valence-electron chi connectivity index (χ1n) is 5.69. The molecule has 1 aliphatic rings. The van der Waals surface area contributed by atoms with E-state index in [0.717, 1.165) is 19.4 Å². The van der Waals surface area contributed by atoms with Gasteiger partial charge in [0.05, 0.1) is 7.11 Å². The van der Waals surface area contributed by atoms with Crippen LogP contribution in [0.2, 0.25) is 0 Å². The van der Waals surface area contributed by atoms with E-state index in [-0.39, 0.29) is 11.9 Å². The van der Waals surface area contributed by atoms with E-state index in [1.165, 1.54) is 7.11 Å². The fourth-order valence-corrected chi connectivity index (χ4v) is 1.94. The molecular formula is C12H19NO3. The molecule has 1 amide bonds. The molecule has 0 aliphatic carbocycles. The fraction of sp³-hybridized carbons (Fsp3) is 0.667. The molecule has 1 saturated heterocycles. The predicted molar refractivity (Wildman–Crippen MR) is 60.8 cm³/mol. The topological polar surface area (TPSA) is 46.6 Å². The smallest absolute Gasteiger partial charge is 0.315 e. The highest BCUT2D eigenvalue weighted by molar-refractivity contribution is 6.02. The van der Waals surface area contributed by atoms with Gasteiger partial charge < -0.3 is 9.64 Å². The first-order valence-corrected chi connectivity index (χ1v) is 5.69. The number of nitrogens with zero attached hydrogens (tertiary/aromatic N) is 1. The average molecular weight is 225 g/mol. The van der Waals surface area contributed by atoms with E-state index in [1.54, 1.807) is 17.9 Å². The number of allylic oxidation sites excluding steroid dienone is 1. The highest BCUT2D eigenvalue weighted by Gasteiger charge is 2.39. The fourth-order valence-electron chi connectivity index (χ4n) is 1.94. The van der Waals surface area contributed by atoms with Crippen molar-refractivity contribution in [3.8, 4) is 0 Å². The number of likely N-dealkylation sites (tertiary alicyclic amines) is 1. The first-order chi connectivity index (χ1) is 7.65. The number of carbonyl (C=O) groups excluding carboxylic acids is 2. The Balaban J connectivity index is 2.76. The van der Waals surface area contributed by atoms with Gasteiger partial charge in [0.25, 0.3) is 0 Å². The van der Waals surface area contributed by atoms with Crippen LogP contribution in [0.3, 0.4) is 0 Å². The Morgan fingerprint density at radius 3 is 2.81 bits per heavy atom. The molecule has 0 aromatic rings. The molecule has 4 nitrogen and oxygen atoms in total. The molecule has 1 rings (SSSR count). The van der Waals surface area contributed by atoms with E-state index >= 15 is 0 Å². The molecule has 1 atom stereocenters. The maximum atomic E-state index is 11.9. The minimum atomic E-state index is -0.403. The number of methoxy groups -OCH3 is 1. The van der Waals surface area contributed by atoms with Crippen LogP contribution in [-0.2, 0) is 14.3 Å². The molecular weight excluding hydrogens is 206 g/mol. The van der Waals surface area contributed by atoms with Crippen molar-refractivity contribution in [2.45, 2.75) is 26.7 Å². The quantitative estimate of drug-likeness (QED) is 0.536. The van der Waals surface area contributed by atoms with Gasteiger partial charge in [-0.05, 0) is 13.3 Å². The van der Waals surface area contributed by atoms with Crippen LogP contribution in [0.25, 0.3) is 0 Å². The lowest BCUT2D eigenvalue weighted by atomic mass is 10.0. The lowest BCUT2D eigenvalue weighted by Gasteiger charge is -2.14. The number of carbonyl (C=O) groups is 2. The minimum absolute atomic E-state index is 0.0219. The zero-order valence-corrected chi connectivity index (χ0v) is 10.2. The summed E-state index contributed by atoms with van der Waals surface area (Å²) in [6.07, 6.45) is 3.73. The second-order valence-corrected chi connectivity index (χ2v) is 3.92. The van der Waals surface area contributed by atoms with Crippen LogP contribution in [0, 0.1) is 5.92 Å². The molecule has 16 heavy (non-hydrogen) atoms. The molecule has 1 fully saturated rings. The van der Waals surface area contributed by atoms with Gasteiger partial charge in [-0.3, -0.25) is 9.59 Å². The van der Waals surface area contributed by atoms with Gasteiger partial charge in [0.15, 0.2) is 0 Å². The number of amides is 1. The van der Waals surface area contributed by atoms with E-state index in [4.69, 9.17) is 4.74 Å². The van der Waals surface area contributed by atoms with E-state index in [2.05, 4.69) is 6.92 Å². The third kappa shape index (κ3) is 2.43. The number of unbranched alkanes of at least 4 members (excludes halogenated alkanes) is 1. The van der Waals surface area contributed by atoms with Crippen molar-refractivity contribution in [3.63, 3.8) is 0 Å². The summed E-state index contributed by atoms with van der Waals surface area (Å²) in [5, 5.41) is 0. The first kappa shape index (κ1) is 12.7. The molecule has 4 heteroatoms. The molecule has 1 heterocycles. The largest absolute Gasteiger partial charge is 0.468 e. The van der Waals surface area contributed by atoms with Crippen molar-refractivity contribution in [3.05, 3.63) is 11.6 Å². The minimum Gasteiger partial charge on any atom is -0.468 e. The second kappa shape index (κ2) is 5.68. The Hall–Kier alpha value is -1.32. The van der Waals surface area contributed by atoms with Crippen LogP contribution in [0.5, 0.6) is 0 Å². The molecule has 1 unspecified atom stereocenters. The standard InChI is InChI=1S/C12H19NO3/c1-4-6-7-13-8-10(12(15)16-3)9(5-2)11(13)14/h5,10H,4,6-8H2,1-3H3/b9-5+. The Morgan fingerprint density at radius 1 is 1.62 bits per heavy atom. The summed E-state index contributed by atoms with van der Waals surface area (Å²) in [4.78, 5) is 25.2. The number of hydrogen-bond donors (Lipinski definition) is 0. The van der Waals surface area contributed by atoms with Crippen LogP contribution in [0.1, 0.15) is 26.7 Å². The van der Waals surface area contributed by atoms with E-state index in [9.17, 15) is 9.59 Å². The van der Waals surface area contributed by atoms with Gasteiger partial charge in [0.1, 0.15) is 5.92 Å². The molecule has 1 aliphatic heterocycles. The third-order valence-corrected chi connectivity index (χ3v) is 2.89. The summed E-state index contributed by atoms with van der Waals surface area (Å²) in [7, 11) is 1.36. The molecule has 0 N–H and O–H groups in total. The summed E-state index contributed by atoms with van der Waals surface area (Å²) < 4.78 is 4.71. The second-order valence-electron chi connectivity index (χ2n) is 3.92. The van der Waals surface area contributed by atoms with Crippen molar-refractivity contribution in [1.82, 2.24) is 4.90 Å². The van der Waals surface area contributed by atoms with Crippen LogP contribution in [0.15, 0.2) is 11.6 Å². The maximum Gasteiger partial charge on any atom is 0.315 e. The van der Waals surface area contributed by atoms with Crippen LogP contribution >= 0.6 is 0 Å². The molecule has 90 valence electrons. The Labute approximate surface area is 96.3 Å². The Bertz CT molecular complexity index is 309. The molecule has 0 spiro atoms. The monoisotopic (exact) mass is 225 g/mol. The molecule has 0 saturated carbocycles. The summed E-state index contributed by atoms with van der Waals surface area (Å²) in [6.45, 7) is 5.05. The van der Waals surface area contributed by atoms with Crippen molar-refractivity contribution in [1.29, 1.82) is 0 Å². The lowest BCUT2D eigenvalue weighted by molar-refractivity contribution is -0.143. The summed E-state index contributed by atoms with van der Waals surface area (Å²) >= 11 is 0. The van der Waals surface area contributed by atoms with Crippen molar-refractivity contribution < 1.29 is 14.3 Å². The predicted octanol–water partition coefficient (Wildman–Crippen LogP) is 1.36. The van der Waals surface area contributed by atoms with Gasteiger partial charge in [-0.25, -0.2) is 0 Å². The summed E-state index contributed by atoms with van der Waals surface area (Å²) in [5.74, 6) is -0.744. The molecule has 0 bridgehead atoms. The molecule has 0 radical (unpaired) electrons. The van der Waals surface area contributed by atoms with Crippen LogP contribution < -0.4 is 0 Å². The number of esters is 1. The zero-order valence-electron chi connectivity index (χ0n) is 10.2. The Morgan fingerprint density at radius 2 is 2.31 bits per heavy atom. The number of ether oxygens (including phenoxy) is 1. The molecule has 0 aromatic heterocycles. The van der Waals surface area contributed by atoms with Crippen molar-refractivity contribution >= 4 is 11.9 Å². The zero-order chi connectivity index (χ0) is 12.1. The van der Waals surface area contributed by atoms with Crippen LogP contribution in [0.4, 0.5) is 0 Å². The van der Waals surface area contributed by atoms with Gasteiger partial charge in [-0.15, -0.1) is 0 Å². The number of rotatable bonds is 4. The van der Waals surface area contributed by atoms with E-state index < -0.39 is 5.92 Å². The third-order valence-electron chi connectivity index (χ3n) is 2.89. The lowest BCUT2D eigenvalue weighted by Crippen LogP contribution is -2.27. The van der Waals surface area contributed by atoms with Gasteiger partial charge in [-0.1, -0.05) is 19.4 Å². The van der Waals surface area contributed by atoms with Gasteiger partial charge in [-0.2, -0.15) is 0 Å². The highest BCUT2D eigenvalue weighted by atomic mass is 16.5. The molecule has 0 aromatic carbocycles. The number of hydrogen-bond acceptors (Lipinski definition) is 3. The van der Waals surface area contributed by atoms with Crippen molar-refractivity contribution in [2.75, 3.05) is 20.2 Å². The van der Waals surface area contributed by atoms with E-state index in [0.29, 0.717) is 12.1 Å². The highest BCUT2D eigenvalue weighted by Crippen LogP contribution is 2.25. The van der Waals surface area contributed by atoms with E-state index in [1.807, 2.05) is 0 Å². The maximum absolute atomic E-state index is 11.9. The Kier molecular flexibility index (Phi) is 4.52. The van der Waals surface area contributed by atoms with Gasteiger partial charge >= 0.3 is 5.97 Å². The summed E-state index contributed by atoms with van der Waals surface area (Å²) in [5.41, 5.74) is 0.572. The van der Waals surface area contributed by atoms with Gasteiger partial charge in [0.2, 0.25) is 5.91 Å². The summed E-state index contributed by atoms with van der Waals surface area (Å²) in [6, 6.07) is 0. The van der Waals surface area contributed by atoms with Gasteiger partial charge in [0, 0.05) is 18.7 Å². The van der Waals surface area contributed by atoms with Crippen LogP contribution in [-0.4, -0.2) is 37.0 Å². The normalized spacial score (nSPS) is 22.9. The van der Waals surface area contributed by atoms with Crippen molar-refractivity contribution in [2.24, 2.45) is 5.92 Å². The SMILES string of the molecule is C/C=C1/C(=O)N(CCCC)CC1C(=O)OC. The average Bonchev–Trinajstić information content (AvgIpc) is 2.62.